The van der Waals surface area contributed by atoms with Gasteiger partial charge in [0, 0.05) is 42.6 Å². The second kappa shape index (κ2) is 13.1. The second-order valence-corrected chi connectivity index (χ2v) is 8.50. The van der Waals surface area contributed by atoms with Gasteiger partial charge >= 0.3 is 0 Å². The molecule has 0 fully saturated rings. The SMILES string of the molecule is CCC(=O)C(C(=O)CO)N(C)C(=O)c1ccc(C#Cc2ccc(CCCc3cccnc3)cc2)cc1. The highest BCUT2D eigenvalue weighted by atomic mass is 16.3. The summed E-state index contributed by atoms with van der Waals surface area (Å²) in [5, 5.41) is 9.18. The Kier molecular flexibility index (Phi) is 9.67. The number of aliphatic hydroxyl groups is 1. The zero-order valence-electron chi connectivity index (χ0n) is 20.6. The lowest BCUT2D eigenvalue weighted by molar-refractivity contribution is -0.134. The molecule has 1 amide bonds. The Labute approximate surface area is 212 Å². The molecule has 36 heavy (non-hydrogen) atoms. The van der Waals surface area contributed by atoms with E-state index in [0.29, 0.717) is 5.56 Å². The number of aliphatic hydroxyl groups excluding tert-OH is 1. The van der Waals surface area contributed by atoms with E-state index in [9.17, 15) is 19.5 Å². The molecule has 3 aromatic rings. The number of nitrogens with zero attached hydrogens (tertiary/aromatic N) is 2. The molecule has 1 heterocycles. The third-order valence-corrected chi connectivity index (χ3v) is 5.91. The maximum Gasteiger partial charge on any atom is 0.254 e. The van der Waals surface area contributed by atoms with E-state index in [2.05, 4.69) is 35.0 Å². The molecule has 6 heteroatoms. The standard InChI is InChI=1S/C30H30N2O4/c1-3-27(34)29(28(35)21-33)32(2)30(36)26-17-15-24(16-18-26)14-13-23-11-9-22(10-12-23)6-4-7-25-8-5-19-31-20-25/h5,8-12,15-20,29,33H,3-4,6-7,21H2,1-2H3. The van der Waals surface area contributed by atoms with Crippen molar-refractivity contribution in [3.8, 4) is 11.8 Å². The van der Waals surface area contributed by atoms with Crippen molar-refractivity contribution in [3.63, 3.8) is 0 Å². The molecule has 3 rings (SSSR count). The quantitative estimate of drug-likeness (QED) is 0.352. The van der Waals surface area contributed by atoms with Gasteiger partial charge in [-0.15, -0.1) is 0 Å². The average molecular weight is 483 g/mol. The number of carbonyl (C=O) groups excluding carboxylic acids is 3. The van der Waals surface area contributed by atoms with Gasteiger partial charge in [-0.2, -0.15) is 0 Å². The Morgan fingerprint density at radius 1 is 0.889 bits per heavy atom. The highest BCUT2D eigenvalue weighted by molar-refractivity contribution is 6.10. The summed E-state index contributed by atoms with van der Waals surface area (Å²) in [5.41, 5.74) is 4.47. The number of pyridine rings is 1. The molecule has 0 aliphatic heterocycles. The van der Waals surface area contributed by atoms with Crippen LogP contribution in [-0.2, 0) is 22.4 Å². The van der Waals surface area contributed by atoms with Crippen molar-refractivity contribution in [1.29, 1.82) is 0 Å². The first-order valence-electron chi connectivity index (χ1n) is 12.0. The maximum absolute atomic E-state index is 12.8. The van der Waals surface area contributed by atoms with Crippen molar-refractivity contribution in [2.45, 2.75) is 38.6 Å². The van der Waals surface area contributed by atoms with Gasteiger partial charge in [0.15, 0.2) is 17.6 Å². The van der Waals surface area contributed by atoms with E-state index >= 15 is 0 Å². The van der Waals surface area contributed by atoms with Gasteiger partial charge in [0.1, 0.15) is 6.61 Å². The first kappa shape index (κ1) is 26.5. The molecule has 0 radical (unpaired) electrons. The maximum atomic E-state index is 12.8. The summed E-state index contributed by atoms with van der Waals surface area (Å²) >= 11 is 0. The van der Waals surface area contributed by atoms with E-state index in [4.69, 9.17) is 0 Å². The van der Waals surface area contributed by atoms with Gasteiger partial charge in [-0.25, -0.2) is 0 Å². The molecular weight excluding hydrogens is 452 g/mol. The fourth-order valence-electron chi connectivity index (χ4n) is 3.85. The zero-order chi connectivity index (χ0) is 25.9. The molecule has 0 saturated carbocycles. The predicted octanol–water partition coefficient (Wildman–Crippen LogP) is 3.64. The van der Waals surface area contributed by atoms with E-state index in [0.717, 1.165) is 35.3 Å². The van der Waals surface area contributed by atoms with Gasteiger partial charge in [0.25, 0.3) is 5.91 Å². The van der Waals surface area contributed by atoms with Crippen LogP contribution in [0.5, 0.6) is 0 Å². The molecule has 1 aromatic heterocycles. The predicted molar refractivity (Wildman–Crippen MR) is 138 cm³/mol. The molecule has 0 saturated heterocycles. The normalized spacial score (nSPS) is 11.2. The van der Waals surface area contributed by atoms with Crippen LogP contribution in [0.2, 0.25) is 0 Å². The summed E-state index contributed by atoms with van der Waals surface area (Å²) in [6, 6.07) is 17.6. The van der Waals surface area contributed by atoms with E-state index < -0.39 is 30.1 Å². The number of Topliss-reactive ketones (excluding diaryl/α,β-unsaturated/α-hetero) is 2. The molecule has 1 unspecified atom stereocenters. The fraction of sp³-hybridized carbons (Fsp3) is 0.267. The van der Waals surface area contributed by atoms with Crippen molar-refractivity contribution in [2.75, 3.05) is 13.7 Å². The summed E-state index contributed by atoms with van der Waals surface area (Å²) in [6.07, 6.45) is 6.82. The molecule has 0 spiro atoms. The first-order chi connectivity index (χ1) is 17.4. The van der Waals surface area contributed by atoms with Gasteiger partial charge < -0.3 is 10.0 Å². The van der Waals surface area contributed by atoms with Crippen LogP contribution in [0.25, 0.3) is 0 Å². The summed E-state index contributed by atoms with van der Waals surface area (Å²) in [5.74, 6) is 4.65. The summed E-state index contributed by atoms with van der Waals surface area (Å²) in [4.78, 5) is 42.2. The number of likely N-dealkylation sites (N-methyl/N-ethyl adjacent to an activating group) is 1. The van der Waals surface area contributed by atoms with Crippen molar-refractivity contribution < 1.29 is 19.5 Å². The highest BCUT2D eigenvalue weighted by Crippen LogP contribution is 2.12. The van der Waals surface area contributed by atoms with Crippen molar-refractivity contribution in [2.24, 2.45) is 0 Å². The summed E-state index contributed by atoms with van der Waals surface area (Å²) < 4.78 is 0. The molecule has 0 aliphatic rings. The van der Waals surface area contributed by atoms with Crippen LogP contribution in [0.1, 0.15) is 52.4 Å². The van der Waals surface area contributed by atoms with Crippen LogP contribution in [0.3, 0.4) is 0 Å². The minimum Gasteiger partial charge on any atom is -0.388 e. The Morgan fingerprint density at radius 3 is 2.06 bits per heavy atom. The first-order valence-corrected chi connectivity index (χ1v) is 12.0. The van der Waals surface area contributed by atoms with Crippen LogP contribution in [0.15, 0.2) is 73.1 Å². The molecule has 6 nitrogen and oxygen atoms in total. The van der Waals surface area contributed by atoms with Crippen molar-refractivity contribution in [1.82, 2.24) is 9.88 Å². The smallest absolute Gasteiger partial charge is 0.254 e. The number of amides is 1. The van der Waals surface area contributed by atoms with Gasteiger partial charge in [-0.05, 0) is 72.9 Å². The van der Waals surface area contributed by atoms with Gasteiger partial charge in [-0.3, -0.25) is 19.4 Å². The number of rotatable bonds is 10. The minimum atomic E-state index is -1.29. The summed E-state index contributed by atoms with van der Waals surface area (Å²) in [7, 11) is 1.39. The fourth-order valence-corrected chi connectivity index (χ4v) is 3.85. The Morgan fingerprint density at radius 2 is 1.50 bits per heavy atom. The monoisotopic (exact) mass is 482 g/mol. The topological polar surface area (TPSA) is 87.6 Å². The average Bonchev–Trinajstić information content (AvgIpc) is 2.92. The lowest BCUT2D eigenvalue weighted by atomic mass is 10.0. The number of hydrogen-bond acceptors (Lipinski definition) is 5. The number of hydrogen-bond donors (Lipinski definition) is 1. The Balaban J connectivity index is 1.59. The number of aryl methyl sites for hydroxylation is 2. The molecule has 0 aliphatic carbocycles. The van der Waals surface area contributed by atoms with Crippen molar-refractivity contribution in [3.05, 3.63) is 101 Å². The largest absolute Gasteiger partial charge is 0.388 e. The van der Waals surface area contributed by atoms with E-state index in [1.54, 1.807) is 37.4 Å². The van der Waals surface area contributed by atoms with Crippen LogP contribution < -0.4 is 0 Å². The third-order valence-electron chi connectivity index (χ3n) is 5.91. The Hall–Kier alpha value is -4.08. The molecule has 1 N–H and O–H groups in total. The molecule has 184 valence electrons. The number of ketones is 2. The molecular formula is C30H30N2O4. The van der Waals surface area contributed by atoms with Crippen LogP contribution >= 0.6 is 0 Å². The molecule has 2 aromatic carbocycles. The van der Waals surface area contributed by atoms with Crippen LogP contribution in [0, 0.1) is 11.8 Å². The van der Waals surface area contributed by atoms with Gasteiger partial charge in [0.2, 0.25) is 0 Å². The van der Waals surface area contributed by atoms with Gasteiger partial charge in [0.05, 0.1) is 0 Å². The third kappa shape index (κ3) is 7.21. The van der Waals surface area contributed by atoms with Crippen molar-refractivity contribution >= 4 is 17.5 Å². The molecule has 1 atom stereocenters. The second-order valence-electron chi connectivity index (χ2n) is 8.50. The number of aromatic nitrogens is 1. The summed E-state index contributed by atoms with van der Waals surface area (Å²) in [6.45, 7) is 0.818. The van der Waals surface area contributed by atoms with E-state index in [1.807, 2.05) is 24.4 Å². The van der Waals surface area contributed by atoms with Gasteiger partial charge in [-0.1, -0.05) is 37.0 Å². The molecule has 0 bridgehead atoms. The minimum absolute atomic E-state index is 0.0922. The highest BCUT2D eigenvalue weighted by Gasteiger charge is 2.32. The van der Waals surface area contributed by atoms with Crippen LogP contribution in [-0.4, -0.2) is 52.2 Å². The zero-order valence-corrected chi connectivity index (χ0v) is 20.6. The number of carbonyl (C=O) groups is 3. The van der Waals surface area contributed by atoms with E-state index in [1.165, 1.54) is 18.2 Å². The van der Waals surface area contributed by atoms with E-state index in [-0.39, 0.29) is 6.42 Å². The van der Waals surface area contributed by atoms with Crippen LogP contribution in [0.4, 0.5) is 0 Å². The lowest BCUT2D eigenvalue weighted by Gasteiger charge is -2.25. The Bertz CT molecular complexity index is 1220. The lowest BCUT2D eigenvalue weighted by Crippen LogP contribution is -2.48. The number of benzene rings is 2.